The fourth-order valence-electron chi connectivity index (χ4n) is 4.50. The van der Waals surface area contributed by atoms with Crippen molar-refractivity contribution >= 4 is 44.5 Å². The zero-order valence-electron chi connectivity index (χ0n) is 21.7. The normalized spacial score (nSPS) is 22.5. The summed E-state index contributed by atoms with van der Waals surface area (Å²) < 4.78 is 30.3. The summed E-state index contributed by atoms with van der Waals surface area (Å²) in [5, 5.41) is 2.92. The van der Waals surface area contributed by atoms with E-state index in [0.29, 0.717) is 5.17 Å². The Morgan fingerprint density at radius 1 is 1.14 bits per heavy atom. The van der Waals surface area contributed by atoms with Crippen molar-refractivity contribution in [2.45, 2.75) is 64.0 Å². The summed E-state index contributed by atoms with van der Waals surface area (Å²) in [5.74, 6) is -0.467. The van der Waals surface area contributed by atoms with Gasteiger partial charge in [-0.25, -0.2) is 13.2 Å². The van der Waals surface area contributed by atoms with Crippen LogP contribution < -0.4 is 10.2 Å². The van der Waals surface area contributed by atoms with E-state index in [1.165, 1.54) is 11.8 Å². The Morgan fingerprint density at radius 2 is 1.84 bits per heavy atom. The van der Waals surface area contributed by atoms with Crippen LogP contribution in [0.25, 0.3) is 0 Å². The third-order valence-corrected chi connectivity index (χ3v) is 9.38. The van der Waals surface area contributed by atoms with Crippen LogP contribution in [0.3, 0.4) is 0 Å². The Bertz CT molecular complexity index is 1320. The monoisotopic (exact) mass is 543 g/mol. The molecular weight excluding hydrogens is 510 g/mol. The standard InChI is InChI=1S/C27H33N3O5S2/c1-17-11-12-18(2)21(13-17)30-22-15-37(33,34)16-23(22)36-25(30)29-24(31)20(14-19-9-7-6-8-10-19)28-26(32)35-27(3,4)5/h6-13,20,22-23H,14-16H2,1-5H3,(H,28,32)/t20-,22-,23+/m0/s1. The number of alkyl carbamates (subject to hydrolysis) is 1. The molecule has 0 aliphatic carbocycles. The van der Waals surface area contributed by atoms with E-state index in [9.17, 15) is 18.0 Å². The second kappa shape index (κ2) is 10.5. The van der Waals surface area contributed by atoms with Crippen molar-refractivity contribution in [3.63, 3.8) is 0 Å². The summed E-state index contributed by atoms with van der Waals surface area (Å²) in [5.41, 5.74) is 2.96. The minimum atomic E-state index is -3.19. The van der Waals surface area contributed by atoms with Gasteiger partial charge in [-0.2, -0.15) is 4.99 Å². The second-order valence-corrected chi connectivity index (χ2v) is 13.9. The molecule has 2 aliphatic heterocycles. The molecule has 0 unspecified atom stereocenters. The number of ether oxygens (including phenoxy) is 1. The SMILES string of the molecule is Cc1ccc(C)c(N2C(=NC(=O)[C@H](Cc3ccccc3)NC(=O)OC(C)(C)C)S[C@@H]3CS(=O)(=O)C[C@@H]32)c1. The highest BCUT2D eigenvalue weighted by molar-refractivity contribution is 8.16. The Balaban J connectivity index is 1.68. The number of aliphatic imine (C=N–C) groups is 1. The number of anilines is 1. The number of fused-ring (bicyclic) bond motifs is 1. The summed E-state index contributed by atoms with van der Waals surface area (Å²) >= 11 is 1.31. The van der Waals surface area contributed by atoms with Gasteiger partial charge >= 0.3 is 6.09 Å². The van der Waals surface area contributed by atoms with Crippen LogP contribution in [-0.4, -0.2) is 60.0 Å². The van der Waals surface area contributed by atoms with Crippen LogP contribution in [0, 0.1) is 13.8 Å². The minimum Gasteiger partial charge on any atom is -0.444 e. The van der Waals surface area contributed by atoms with Crippen LogP contribution in [0.1, 0.15) is 37.5 Å². The zero-order chi connectivity index (χ0) is 27.0. The molecule has 0 bridgehead atoms. The number of hydrogen-bond donors (Lipinski definition) is 1. The van der Waals surface area contributed by atoms with Gasteiger partial charge in [0, 0.05) is 17.4 Å². The first-order chi connectivity index (χ1) is 17.3. The van der Waals surface area contributed by atoms with Gasteiger partial charge in [0.05, 0.1) is 17.5 Å². The lowest BCUT2D eigenvalue weighted by Gasteiger charge is -2.27. The first kappa shape index (κ1) is 27.2. The molecule has 8 nitrogen and oxygen atoms in total. The van der Waals surface area contributed by atoms with E-state index in [-0.39, 0.29) is 29.2 Å². The average molecular weight is 544 g/mol. The first-order valence-electron chi connectivity index (χ1n) is 12.2. The topological polar surface area (TPSA) is 105 Å². The molecule has 2 heterocycles. The van der Waals surface area contributed by atoms with Crippen molar-refractivity contribution in [3.05, 3.63) is 65.2 Å². The van der Waals surface area contributed by atoms with Gasteiger partial charge in [-0.05, 0) is 57.4 Å². The summed E-state index contributed by atoms with van der Waals surface area (Å²) in [6, 6.07) is 14.1. The largest absolute Gasteiger partial charge is 0.444 e. The Morgan fingerprint density at radius 3 is 2.51 bits per heavy atom. The van der Waals surface area contributed by atoms with Crippen LogP contribution in [0.15, 0.2) is 53.5 Å². The van der Waals surface area contributed by atoms with Gasteiger partial charge in [0.15, 0.2) is 15.0 Å². The van der Waals surface area contributed by atoms with Gasteiger partial charge in [-0.15, -0.1) is 0 Å². The Hall–Kier alpha value is -2.85. The summed E-state index contributed by atoms with van der Waals surface area (Å²) in [7, 11) is -3.19. The van der Waals surface area contributed by atoms with Gasteiger partial charge in [-0.1, -0.05) is 54.2 Å². The van der Waals surface area contributed by atoms with Crippen molar-refractivity contribution in [1.29, 1.82) is 0 Å². The number of carbonyl (C=O) groups is 2. The number of sulfone groups is 1. The smallest absolute Gasteiger partial charge is 0.408 e. The van der Waals surface area contributed by atoms with Crippen molar-refractivity contribution in [2.75, 3.05) is 16.4 Å². The minimum absolute atomic E-state index is 0.00879. The number of amides is 2. The predicted octanol–water partition coefficient (Wildman–Crippen LogP) is 4.04. The van der Waals surface area contributed by atoms with E-state index in [4.69, 9.17) is 4.74 Å². The number of nitrogens with zero attached hydrogens (tertiary/aromatic N) is 2. The molecule has 37 heavy (non-hydrogen) atoms. The van der Waals surface area contributed by atoms with Crippen molar-refractivity contribution in [3.8, 4) is 0 Å². The maximum Gasteiger partial charge on any atom is 0.408 e. The highest BCUT2D eigenvalue weighted by Gasteiger charge is 2.49. The van der Waals surface area contributed by atoms with Crippen molar-refractivity contribution in [1.82, 2.24) is 5.32 Å². The van der Waals surface area contributed by atoms with E-state index in [1.807, 2.05) is 67.3 Å². The fraction of sp³-hybridized carbons (Fsp3) is 0.444. The number of amidine groups is 1. The summed E-state index contributed by atoms with van der Waals surface area (Å²) in [6.45, 7) is 9.19. The molecule has 0 spiro atoms. The van der Waals surface area contributed by atoms with E-state index >= 15 is 0 Å². The van der Waals surface area contributed by atoms with Gasteiger partial charge in [0.25, 0.3) is 5.91 Å². The predicted molar refractivity (Wildman–Crippen MR) is 148 cm³/mol. The molecule has 0 aromatic heterocycles. The maximum atomic E-state index is 13.6. The quantitative estimate of drug-likeness (QED) is 0.607. The molecule has 4 rings (SSSR count). The lowest BCUT2D eigenvalue weighted by Crippen LogP contribution is -2.45. The average Bonchev–Trinajstić information content (AvgIpc) is 3.25. The number of hydrogen-bond acceptors (Lipinski definition) is 6. The highest BCUT2D eigenvalue weighted by Crippen LogP contribution is 2.42. The van der Waals surface area contributed by atoms with Gasteiger partial charge in [-0.3, -0.25) is 4.79 Å². The zero-order valence-corrected chi connectivity index (χ0v) is 23.4. The van der Waals surface area contributed by atoms with Crippen LogP contribution >= 0.6 is 11.8 Å². The number of rotatable bonds is 5. The number of nitrogens with one attached hydrogen (secondary N) is 1. The summed E-state index contributed by atoms with van der Waals surface area (Å²) in [6.07, 6.45) is -0.458. The third-order valence-electron chi connectivity index (χ3n) is 6.17. The van der Waals surface area contributed by atoms with Crippen LogP contribution in [0.4, 0.5) is 10.5 Å². The van der Waals surface area contributed by atoms with E-state index in [1.54, 1.807) is 20.8 Å². The molecule has 198 valence electrons. The number of aryl methyl sites for hydroxylation is 2. The van der Waals surface area contributed by atoms with E-state index < -0.39 is 33.5 Å². The maximum absolute atomic E-state index is 13.6. The van der Waals surface area contributed by atoms with E-state index in [0.717, 1.165) is 22.4 Å². The third kappa shape index (κ3) is 6.73. The second-order valence-electron chi connectivity index (χ2n) is 10.6. The summed E-state index contributed by atoms with van der Waals surface area (Å²) in [4.78, 5) is 32.5. The first-order valence-corrected chi connectivity index (χ1v) is 14.9. The molecule has 0 radical (unpaired) electrons. The van der Waals surface area contributed by atoms with Crippen LogP contribution in [0.5, 0.6) is 0 Å². The van der Waals surface area contributed by atoms with Crippen molar-refractivity contribution in [2.24, 2.45) is 4.99 Å². The van der Waals surface area contributed by atoms with Gasteiger partial charge in [0.2, 0.25) is 0 Å². The fourth-order valence-corrected chi connectivity index (χ4v) is 8.41. The molecule has 2 aromatic carbocycles. The molecule has 2 aromatic rings. The van der Waals surface area contributed by atoms with E-state index in [2.05, 4.69) is 10.3 Å². The molecule has 1 N–H and O–H groups in total. The molecule has 3 atom stereocenters. The Labute approximate surface area is 222 Å². The molecule has 2 aliphatic rings. The molecular formula is C27H33N3O5S2. The number of thioether (sulfide) groups is 1. The molecule has 10 heteroatoms. The number of carbonyl (C=O) groups excluding carboxylic acids is 2. The molecule has 2 amide bonds. The molecule has 0 saturated carbocycles. The molecule has 2 saturated heterocycles. The van der Waals surface area contributed by atoms with Gasteiger partial charge in [0.1, 0.15) is 11.6 Å². The van der Waals surface area contributed by atoms with Crippen LogP contribution in [0.2, 0.25) is 0 Å². The lowest BCUT2D eigenvalue weighted by molar-refractivity contribution is -0.119. The van der Waals surface area contributed by atoms with Crippen molar-refractivity contribution < 1.29 is 22.7 Å². The van der Waals surface area contributed by atoms with Crippen LogP contribution in [-0.2, 0) is 25.8 Å². The van der Waals surface area contributed by atoms with Gasteiger partial charge < -0.3 is 15.0 Å². The highest BCUT2D eigenvalue weighted by atomic mass is 32.2. The molecule has 2 fully saturated rings. The number of benzene rings is 2. The lowest BCUT2D eigenvalue weighted by atomic mass is 10.1. The Kier molecular flexibility index (Phi) is 7.71.